The number of rotatable bonds is 57. The number of aliphatic hydroxyl groups excluding tert-OH is 2. The Morgan fingerprint density at radius 1 is 0.403 bits per heavy atom. The molecule has 0 aliphatic rings. The molecule has 0 aliphatic carbocycles. The highest BCUT2D eigenvalue weighted by atomic mass is 16.5. The van der Waals surface area contributed by atoms with Crippen molar-refractivity contribution in [3.63, 3.8) is 0 Å². The van der Waals surface area contributed by atoms with E-state index in [0.29, 0.717) is 25.9 Å². The van der Waals surface area contributed by atoms with E-state index in [1.807, 2.05) is 0 Å². The van der Waals surface area contributed by atoms with Crippen LogP contribution in [-0.2, 0) is 14.3 Å². The van der Waals surface area contributed by atoms with Gasteiger partial charge in [-0.05, 0) is 51.4 Å². The van der Waals surface area contributed by atoms with E-state index < -0.39 is 12.1 Å². The lowest BCUT2D eigenvalue weighted by molar-refractivity contribution is -0.143. The van der Waals surface area contributed by atoms with Gasteiger partial charge in [0.15, 0.2) is 0 Å². The fraction of sp³-hybridized carbons (Fsp3) is 0.934. The zero-order chi connectivity index (χ0) is 48.6. The van der Waals surface area contributed by atoms with Crippen molar-refractivity contribution < 1.29 is 24.5 Å². The second-order valence-corrected chi connectivity index (χ2v) is 21.0. The van der Waals surface area contributed by atoms with Gasteiger partial charge in [-0.2, -0.15) is 0 Å². The Balaban J connectivity index is 3.45. The van der Waals surface area contributed by atoms with Crippen LogP contribution < -0.4 is 5.32 Å². The molecule has 398 valence electrons. The van der Waals surface area contributed by atoms with E-state index in [1.54, 1.807) is 0 Å². The van der Waals surface area contributed by atoms with Crippen LogP contribution >= 0.6 is 0 Å². The summed E-state index contributed by atoms with van der Waals surface area (Å²) < 4.78 is 5.46. The molecule has 67 heavy (non-hydrogen) atoms. The molecule has 0 aromatic rings. The molecule has 2 atom stereocenters. The molecule has 0 aromatic heterocycles. The minimum Gasteiger partial charge on any atom is -0.466 e. The molecule has 0 saturated heterocycles. The third kappa shape index (κ3) is 53.8. The predicted molar refractivity (Wildman–Crippen MR) is 292 cm³/mol. The van der Waals surface area contributed by atoms with E-state index in [0.717, 1.165) is 57.8 Å². The number of aliphatic hydroxyl groups is 2. The lowest BCUT2D eigenvalue weighted by Crippen LogP contribution is -2.45. The van der Waals surface area contributed by atoms with E-state index in [1.165, 1.54) is 250 Å². The maximum absolute atomic E-state index is 12.5. The fourth-order valence-corrected chi connectivity index (χ4v) is 9.64. The van der Waals surface area contributed by atoms with Crippen molar-refractivity contribution in [3.05, 3.63) is 12.2 Å². The number of amides is 1. The summed E-state index contributed by atoms with van der Waals surface area (Å²) in [7, 11) is 0. The van der Waals surface area contributed by atoms with Gasteiger partial charge in [-0.3, -0.25) is 9.59 Å². The van der Waals surface area contributed by atoms with Crippen molar-refractivity contribution in [1.29, 1.82) is 0 Å². The first-order chi connectivity index (χ1) is 33.0. The van der Waals surface area contributed by atoms with Gasteiger partial charge in [0.2, 0.25) is 5.91 Å². The molecule has 2 unspecified atom stereocenters. The van der Waals surface area contributed by atoms with Crippen molar-refractivity contribution in [2.75, 3.05) is 13.2 Å². The second kappa shape index (κ2) is 57.2. The van der Waals surface area contributed by atoms with Crippen LogP contribution in [0.25, 0.3) is 0 Å². The highest BCUT2D eigenvalue weighted by Gasteiger charge is 2.20. The van der Waals surface area contributed by atoms with Crippen LogP contribution in [0.15, 0.2) is 12.2 Å². The second-order valence-electron chi connectivity index (χ2n) is 21.0. The predicted octanol–water partition coefficient (Wildman–Crippen LogP) is 18.9. The number of nitrogens with one attached hydrogen (secondary N) is 1. The molecule has 3 N–H and O–H groups in total. The Labute approximate surface area is 419 Å². The third-order valence-electron chi connectivity index (χ3n) is 14.3. The van der Waals surface area contributed by atoms with Gasteiger partial charge < -0.3 is 20.3 Å². The Morgan fingerprint density at radius 3 is 1.06 bits per heavy atom. The lowest BCUT2D eigenvalue weighted by atomic mass is 10.0. The smallest absolute Gasteiger partial charge is 0.305 e. The molecule has 0 radical (unpaired) electrons. The molecule has 0 aromatic carbocycles. The summed E-state index contributed by atoms with van der Waals surface area (Å²) in [5.74, 6) is -0.0421. The highest BCUT2D eigenvalue weighted by molar-refractivity contribution is 5.76. The first-order valence-corrected chi connectivity index (χ1v) is 30.4. The van der Waals surface area contributed by atoms with Crippen LogP contribution in [0, 0.1) is 0 Å². The Morgan fingerprint density at radius 2 is 0.701 bits per heavy atom. The van der Waals surface area contributed by atoms with Crippen molar-refractivity contribution in [2.24, 2.45) is 0 Å². The highest BCUT2D eigenvalue weighted by Crippen LogP contribution is 2.18. The number of allylic oxidation sites excluding steroid dienone is 2. The molecule has 0 rings (SSSR count). The first kappa shape index (κ1) is 65.6. The van der Waals surface area contributed by atoms with Crippen molar-refractivity contribution >= 4 is 11.9 Å². The van der Waals surface area contributed by atoms with Gasteiger partial charge in [-0.25, -0.2) is 0 Å². The molecule has 0 spiro atoms. The van der Waals surface area contributed by atoms with E-state index in [9.17, 15) is 19.8 Å². The van der Waals surface area contributed by atoms with Gasteiger partial charge in [-0.1, -0.05) is 289 Å². The summed E-state index contributed by atoms with van der Waals surface area (Å²) in [4.78, 5) is 24.5. The maximum Gasteiger partial charge on any atom is 0.305 e. The van der Waals surface area contributed by atoms with Crippen molar-refractivity contribution in [2.45, 2.75) is 353 Å². The standard InChI is InChI=1S/C61H119NO5/c1-3-5-7-9-11-13-15-16-17-18-19-20-21-24-27-30-34-37-41-45-49-53-59(64)58(57-63)62-60(65)54-50-46-42-38-35-31-28-25-22-23-26-29-32-36-40-44-48-52-56-67-61(66)55-51-47-43-39-33-14-12-10-8-6-4-2/h25,28,58-59,63-64H,3-24,26-27,29-57H2,1-2H3,(H,62,65)/b28-25-. The number of esters is 1. The van der Waals surface area contributed by atoms with Gasteiger partial charge in [0.25, 0.3) is 0 Å². The number of carbonyl (C=O) groups is 2. The molecule has 6 nitrogen and oxygen atoms in total. The average Bonchev–Trinajstić information content (AvgIpc) is 3.33. The summed E-state index contributed by atoms with van der Waals surface area (Å²) >= 11 is 0. The third-order valence-corrected chi connectivity index (χ3v) is 14.3. The minimum absolute atomic E-state index is 0.00348. The van der Waals surface area contributed by atoms with Gasteiger partial charge in [-0.15, -0.1) is 0 Å². The number of unbranched alkanes of at least 4 members (excludes halogenated alkanes) is 44. The van der Waals surface area contributed by atoms with E-state index >= 15 is 0 Å². The maximum atomic E-state index is 12.5. The molecule has 0 heterocycles. The summed E-state index contributed by atoms with van der Waals surface area (Å²) in [6, 6.07) is -0.551. The first-order valence-electron chi connectivity index (χ1n) is 30.4. The minimum atomic E-state index is -0.673. The van der Waals surface area contributed by atoms with Crippen LogP contribution in [0.2, 0.25) is 0 Å². The largest absolute Gasteiger partial charge is 0.466 e. The molecule has 0 saturated carbocycles. The number of carbonyl (C=O) groups excluding carboxylic acids is 2. The Kier molecular flexibility index (Phi) is 56.0. The van der Waals surface area contributed by atoms with E-state index in [4.69, 9.17) is 4.74 Å². The normalized spacial score (nSPS) is 12.6. The molecular weight excluding hydrogens is 827 g/mol. The Bertz CT molecular complexity index is 1000. The van der Waals surface area contributed by atoms with E-state index in [-0.39, 0.29) is 18.5 Å². The van der Waals surface area contributed by atoms with Crippen LogP contribution in [0.5, 0.6) is 0 Å². The van der Waals surface area contributed by atoms with Gasteiger partial charge in [0.1, 0.15) is 0 Å². The molecule has 0 bridgehead atoms. The van der Waals surface area contributed by atoms with Crippen LogP contribution in [0.3, 0.4) is 0 Å². The lowest BCUT2D eigenvalue weighted by Gasteiger charge is -2.22. The van der Waals surface area contributed by atoms with E-state index in [2.05, 4.69) is 31.3 Å². The SMILES string of the molecule is CCCCCCCCCCCCCCCCCCCCCCCC(O)C(CO)NC(=O)CCCCCCC/C=C\CCCCCCCCCCCOC(=O)CCCCCCCCCCCCC. The van der Waals surface area contributed by atoms with Crippen LogP contribution in [0.4, 0.5) is 0 Å². The van der Waals surface area contributed by atoms with Crippen LogP contribution in [0.1, 0.15) is 341 Å². The fourth-order valence-electron chi connectivity index (χ4n) is 9.64. The van der Waals surface area contributed by atoms with Gasteiger partial charge in [0, 0.05) is 12.8 Å². The summed E-state index contributed by atoms with van der Waals surface area (Å²) in [5.41, 5.74) is 0. The average molecular weight is 947 g/mol. The van der Waals surface area contributed by atoms with Gasteiger partial charge in [0.05, 0.1) is 25.4 Å². The quantitative estimate of drug-likeness (QED) is 0.0321. The number of hydrogen-bond acceptors (Lipinski definition) is 5. The summed E-state index contributed by atoms with van der Waals surface area (Å²) in [5, 5.41) is 23.3. The molecule has 0 fully saturated rings. The summed E-state index contributed by atoms with van der Waals surface area (Å²) in [6.45, 7) is 4.96. The van der Waals surface area contributed by atoms with Crippen molar-refractivity contribution in [3.8, 4) is 0 Å². The molecular formula is C61H119NO5. The molecule has 0 aliphatic heterocycles. The van der Waals surface area contributed by atoms with Gasteiger partial charge >= 0.3 is 5.97 Å². The number of ether oxygens (including phenoxy) is 1. The summed E-state index contributed by atoms with van der Waals surface area (Å²) in [6.07, 6.45) is 67.8. The topological polar surface area (TPSA) is 95.9 Å². The van der Waals surface area contributed by atoms with Crippen LogP contribution in [-0.4, -0.2) is 47.4 Å². The molecule has 6 heteroatoms. The molecule has 1 amide bonds. The zero-order valence-electron chi connectivity index (χ0n) is 45.4. The number of hydrogen-bond donors (Lipinski definition) is 3. The monoisotopic (exact) mass is 946 g/mol. The van der Waals surface area contributed by atoms with Crippen molar-refractivity contribution in [1.82, 2.24) is 5.32 Å². The Hall–Kier alpha value is -1.40. The zero-order valence-corrected chi connectivity index (χ0v) is 45.4.